The van der Waals surface area contributed by atoms with Gasteiger partial charge in [0, 0.05) is 16.6 Å². The highest BCUT2D eigenvalue weighted by molar-refractivity contribution is 9.10. The first kappa shape index (κ1) is 15.5. The Morgan fingerprint density at radius 3 is 2.75 bits per heavy atom. The van der Waals surface area contributed by atoms with Gasteiger partial charge in [0.15, 0.2) is 0 Å². The normalized spacial score (nSPS) is 20.1. The second kappa shape index (κ2) is 6.27. The molecule has 3 nitrogen and oxygen atoms in total. The molecule has 2 rings (SSSR count). The van der Waals surface area contributed by atoms with E-state index in [1.54, 1.807) is 0 Å². The van der Waals surface area contributed by atoms with E-state index in [0.717, 1.165) is 30.4 Å². The molecule has 4 heteroatoms. The van der Waals surface area contributed by atoms with Crippen molar-refractivity contribution in [3.05, 3.63) is 34.3 Å². The summed E-state index contributed by atoms with van der Waals surface area (Å²) in [5.74, 6) is 0.155. The molecule has 0 aromatic heterocycles. The highest BCUT2D eigenvalue weighted by Gasteiger charge is 2.32. The lowest BCUT2D eigenvalue weighted by atomic mass is 10.1. The fraction of sp³-hybridized carbons (Fsp3) is 0.562. The molecule has 1 aliphatic heterocycles. The van der Waals surface area contributed by atoms with E-state index in [4.69, 9.17) is 0 Å². The number of carbonyl (C=O) groups excluding carboxylic acids is 1. The SMILES string of the molecule is CC(C)(C)NC(=O)C1CCCN1Cc1ccccc1Br. The van der Waals surface area contributed by atoms with Gasteiger partial charge in [0.1, 0.15) is 0 Å². The van der Waals surface area contributed by atoms with Crippen LogP contribution in [-0.4, -0.2) is 28.9 Å². The average molecular weight is 339 g/mol. The van der Waals surface area contributed by atoms with Crippen LogP contribution >= 0.6 is 15.9 Å². The van der Waals surface area contributed by atoms with Crippen molar-refractivity contribution in [3.63, 3.8) is 0 Å². The summed E-state index contributed by atoms with van der Waals surface area (Å²) in [6, 6.07) is 8.22. The minimum absolute atomic E-state index is 0.00123. The standard InChI is InChI=1S/C16H23BrN2O/c1-16(2,3)18-15(20)14-9-6-10-19(14)11-12-7-4-5-8-13(12)17/h4-5,7-8,14H,6,9-11H2,1-3H3,(H,18,20). The molecule has 0 radical (unpaired) electrons. The molecule has 1 heterocycles. The van der Waals surface area contributed by atoms with Crippen LogP contribution in [-0.2, 0) is 11.3 Å². The molecule has 1 N–H and O–H groups in total. The third-order valence-corrected chi connectivity index (χ3v) is 4.27. The van der Waals surface area contributed by atoms with Crippen molar-refractivity contribution in [2.45, 2.75) is 51.7 Å². The number of likely N-dealkylation sites (tertiary alicyclic amines) is 1. The Hall–Kier alpha value is -0.870. The Morgan fingerprint density at radius 2 is 2.10 bits per heavy atom. The highest BCUT2D eigenvalue weighted by Crippen LogP contribution is 2.24. The first-order valence-electron chi connectivity index (χ1n) is 7.16. The van der Waals surface area contributed by atoms with Crippen LogP contribution in [0, 0.1) is 0 Å². The lowest BCUT2D eigenvalue weighted by Gasteiger charge is -2.28. The van der Waals surface area contributed by atoms with Crippen LogP contribution in [0.2, 0.25) is 0 Å². The number of hydrogen-bond acceptors (Lipinski definition) is 2. The number of nitrogens with one attached hydrogen (secondary N) is 1. The molecule has 1 aliphatic rings. The van der Waals surface area contributed by atoms with Gasteiger partial charge in [0.2, 0.25) is 5.91 Å². The second-order valence-corrected chi connectivity index (χ2v) is 7.31. The molecule has 1 amide bonds. The molecule has 1 atom stereocenters. The number of rotatable bonds is 3. The first-order valence-corrected chi connectivity index (χ1v) is 7.95. The van der Waals surface area contributed by atoms with Crippen molar-refractivity contribution in [2.75, 3.05) is 6.54 Å². The van der Waals surface area contributed by atoms with Crippen LogP contribution in [0.25, 0.3) is 0 Å². The molecule has 1 unspecified atom stereocenters. The molecule has 0 saturated carbocycles. The molecule has 110 valence electrons. The Morgan fingerprint density at radius 1 is 1.40 bits per heavy atom. The minimum atomic E-state index is -0.168. The summed E-state index contributed by atoms with van der Waals surface area (Å²) in [5.41, 5.74) is 1.07. The van der Waals surface area contributed by atoms with Crippen LogP contribution in [0.1, 0.15) is 39.2 Å². The lowest BCUT2D eigenvalue weighted by Crippen LogP contribution is -2.49. The molecular weight excluding hydrogens is 316 g/mol. The van der Waals surface area contributed by atoms with E-state index in [2.05, 4.69) is 38.3 Å². The summed E-state index contributed by atoms with van der Waals surface area (Å²) in [4.78, 5) is 14.7. The summed E-state index contributed by atoms with van der Waals surface area (Å²) in [6.07, 6.45) is 2.04. The van der Waals surface area contributed by atoms with Crippen molar-refractivity contribution in [3.8, 4) is 0 Å². The summed E-state index contributed by atoms with van der Waals surface area (Å²) < 4.78 is 1.11. The van der Waals surface area contributed by atoms with Crippen LogP contribution in [0.15, 0.2) is 28.7 Å². The summed E-state index contributed by atoms with van der Waals surface area (Å²) in [7, 11) is 0. The monoisotopic (exact) mass is 338 g/mol. The summed E-state index contributed by atoms with van der Waals surface area (Å²) in [6.45, 7) is 7.89. The van der Waals surface area contributed by atoms with Gasteiger partial charge in [-0.1, -0.05) is 34.1 Å². The van der Waals surface area contributed by atoms with E-state index < -0.39 is 0 Å². The van der Waals surface area contributed by atoms with E-state index in [-0.39, 0.29) is 17.5 Å². The number of halogens is 1. The van der Waals surface area contributed by atoms with Gasteiger partial charge >= 0.3 is 0 Å². The number of benzene rings is 1. The van der Waals surface area contributed by atoms with Gasteiger partial charge in [-0.15, -0.1) is 0 Å². The molecular formula is C16H23BrN2O. The van der Waals surface area contributed by atoms with Crippen molar-refractivity contribution < 1.29 is 4.79 Å². The predicted octanol–water partition coefficient (Wildman–Crippen LogP) is 3.33. The Balaban J connectivity index is 2.04. The Bertz CT molecular complexity index is 482. The molecule has 20 heavy (non-hydrogen) atoms. The maximum absolute atomic E-state index is 12.4. The van der Waals surface area contributed by atoms with Crippen molar-refractivity contribution in [2.24, 2.45) is 0 Å². The fourth-order valence-corrected chi connectivity index (χ4v) is 3.02. The molecule has 0 bridgehead atoms. The molecule has 0 aliphatic carbocycles. The summed E-state index contributed by atoms with van der Waals surface area (Å²) >= 11 is 3.58. The van der Waals surface area contributed by atoms with E-state index in [9.17, 15) is 4.79 Å². The topological polar surface area (TPSA) is 32.3 Å². The molecule has 1 aromatic carbocycles. The van der Waals surface area contributed by atoms with Crippen LogP contribution in [0.5, 0.6) is 0 Å². The molecule has 0 spiro atoms. The predicted molar refractivity (Wildman–Crippen MR) is 85.5 cm³/mol. The molecule has 1 fully saturated rings. The average Bonchev–Trinajstić information content (AvgIpc) is 2.78. The number of amides is 1. The number of hydrogen-bond donors (Lipinski definition) is 1. The van der Waals surface area contributed by atoms with Gasteiger partial charge in [-0.2, -0.15) is 0 Å². The second-order valence-electron chi connectivity index (χ2n) is 6.46. The van der Waals surface area contributed by atoms with Gasteiger partial charge in [-0.05, 0) is 51.8 Å². The smallest absolute Gasteiger partial charge is 0.237 e. The quantitative estimate of drug-likeness (QED) is 0.916. The van der Waals surface area contributed by atoms with Crippen molar-refractivity contribution >= 4 is 21.8 Å². The van der Waals surface area contributed by atoms with Gasteiger partial charge in [0.25, 0.3) is 0 Å². The maximum Gasteiger partial charge on any atom is 0.237 e. The third kappa shape index (κ3) is 4.06. The van der Waals surface area contributed by atoms with E-state index in [1.807, 2.05) is 32.9 Å². The Kier molecular flexibility index (Phi) is 4.86. The minimum Gasteiger partial charge on any atom is -0.350 e. The van der Waals surface area contributed by atoms with Crippen LogP contribution in [0.3, 0.4) is 0 Å². The first-order chi connectivity index (χ1) is 9.37. The molecule has 1 aromatic rings. The zero-order valence-electron chi connectivity index (χ0n) is 12.4. The van der Waals surface area contributed by atoms with Crippen molar-refractivity contribution in [1.29, 1.82) is 0 Å². The van der Waals surface area contributed by atoms with Crippen molar-refractivity contribution in [1.82, 2.24) is 10.2 Å². The van der Waals surface area contributed by atoms with Gasteiger partial charge < -0.3 is 5.32 Å². The lowest BCUT2D eigenvalue weighted by molar-refractivity contribution is -0.127. The highest BCUT2D eigenvalue weighted by atomic mass is 79.9. The van der Waals surface area contributed by atoms with Gasteiger partial charge in [-0.3, -0.25) is 9.69 Å². The van der Waals surface area contributed by atoms with E-state index in [1.165, 1.54) is 5.56 Å². The molecule has 1 saturated heterocycles. The zero-order valence-corrected chi connectivity index (χ0v) is 14.0. The fourth-order valence-electron chi connectivity index (χ4n) is 2.61. The van der Waals surface area contributed by atoms with Gasteiger partial charge in [0.05, 0.1) is 6.04 Å². The maximum atomic E-state index is 12.4. The third-order valence-electron chi connectivity index (χ3n) is 3.50. The number of nitrogens with zero attached hydrogens (tertiary/aromatic N) is 1. The van der Waals surface area contributed by atoms with Gasteiger partial charge in [-0.25, -0.2) is 0 Å². The van der Waals surface area contributed by atoms with E-state index >= 15 is 0 Å². The largest absolute Gasteiger partial charge is 0.350 e. The van der Waals surface area contributed by atoms with E-state index in [0.29, 0.717) is 0 Å². The number of carbonyl (C=O) groups is 1. The summed E-state index contributed by atoms with van der Waals surface area (Å²) in [5, 5.41) is 3.10. The van der Waals surface area contributed by atoms with Crippen LogP contribution in [0.4, 0.5) is 0 Å². The van der Waals surface area contributed by atoms with Crippen LogP contribution < -0.4 is 5.32 Å². The zero-order chi connectivity index (χ0) is 14.8. The Labute approximate surface area is 129 Å².